The highest BCUT2D eigenvalue weighted by molar-refractivity contribution is 6.44. The molecule has 2 aromatic rings. The van der Waals surface area contributed by atoms with Crippen molar-refractivity contribution in [3.8, 4) is 0 Å². The third-order valence-corrected chi connectivity index (χ3v) is 6.05. The van der Waals surface area contributed by atoms with E-state index in [4.69, 9.17) is 34.8 Å². The van der Waals surface area contributed by atoms with Gasteiger partial charge in [0.1, 0.15) is 0 Å². The molecule has 3 unspecified atom stereocenters. The summed E-state index contributed by atoms with van der Waals surface area (Å²) in [5.74, 6) is 0.130. The minimum atomic E-state index is -0.347. The summed E-state index contributed by atoms with van der Waals surface area (Å²) in [6.07, 6.45) is 4.97. The smallest absolute Gasteiger partial charge is 0.274 e. The van der Waals surface area contributed by atoms with Crippen LogP contribution >= 0.6 is 34.8 Å². The van der Waals surface area contributed by atoms with E-state index in [1.54, 1.807) is 18.2 Å². The second kappa shape index (κ2) is 6.20. The molecule has 128 valence electrons. The Hall–Kier alpha value is -1.75. The van der Waals surface area contributed by atoms with Crippen molar-refractivity contribution in [2.75, 3.05) is 5.32 Å². The van der Waals surface area contributed by atoms with Crippen molar-refractivity contribution in [1.82, 2.24) is 0 Å². The highest BCUT2D eigenvalue weighted by Crippen LogP contribution is 2.55. The van der Waals surface area contributed by atoms with E-state index in [9.17, 15) is 10.1 Å². The second-order valence-corrected chi connectivity index (χ2v) is 7.43. The highest BCUT2D eigenvalue weighted by Gasteiger charge is 2.42. The van der Waals surface area contributed by atoms with Gasteiger partial charge in [0.25, 0.3) is 5.69 Å². The van der Waals surface area contributed by atoms with Crippen LogP contribution in [-0.4, -0.2) is 4.92 Å². The van der Waals surface area contributed by atoms with E-state index in [1.165, 1.54) is 6.07 Å². The van der Waals surface area contributed by atoms with E-state index in [-0.39, 0.29) is 28.5 Å². The topological polar surface area (TPSA) is 55.2 Å². The van der Waals surface area contributed by atoms with Gasteiger partial charge in [-0.25, -0.2) is 0 Å². The van der Waals surface area contributed by atoms with Crippen molar-refractivity contribution in [1.29, 1.82) is 0 Å². The van der Waals surface area contributed by atoms with Crippen molar-refractivity contribution in [3.05, 3.63) is 78.8 Å². The van der Waals surface area contributed by atoms with E-state index in [2.05, 4.69) is 17.5 Å². The molecule has 2 aliphatic rings. The Morgan fingerprint density at radius 3 is 2.68 bits per heavy atom. The predicted molar refractivity (Wildman–Crippen MR) is 101 cm³/mol. The van der Waals surface area contributed by atoms with E-state index in [1.807, 2.05) is 6.07 Å². The molecule has 0 bridgehead atoms. The van der Waals surface area contributed by atoms with E-state index in [0.717, 1.165) is 12.0 Å². The van der Waals surface area contributed by atoms with Crippen molar-refractivity contribution in [2.24, 2.45) is 5.92 Å². The maximum Gasteiger partial charge on any atom is 0.274 e. The van der Waals surface area contributed by atoms with Crippen molar-refractivity contribution in [2.45, 2.75) is 18.4 Å². The Labute approximate surface area is 159 Å². The number of rotatable bonds is 2. The number of para-hydroxylation sites is 1. The number of benzene rings is 2. The molecule has 7 heteroatoms. The maximum atomic E-state index is 11.5. The minimum Gasteiger partial charge on any atom is -0.376 e. The molecule has 0 aromatic heterocycles. The first kappa shape index (κ1) is 16.7. The van der Waals surface area contributed by atoms with Crippen molar-refractivity contribution >= 4 is 46.2 Å². The number of fused-ring (bicyclic) bond motifs is 3. The number of nitro benzene ring substituents is 1. The van der Waals surface area contributed by atoms with Crippen LogP contribution in [0.25, 0.3) is 0 Å². The molecular weight excluding hydrogens is 383 g/mol. The van der Waals surface area contributed by atoms with Gasteiger partial charge in [0.05, 0.1) is 37.3 Å². The SMILES string of the molecule is O=[N+]([O-])c1ccccc1C1Nc2c(Cl)cc(Cl)c(Cl)c2C2C=CCC21. The summed E-state index contributed by atoms with van der Waals surface area (Å²) in [5.41, 5.74) is 2.32. The Balaban J connectivity index is 1.90. The molecule has 0 spiro atoms. The van der Waals surface area contributed by atoms with Crippen LogP contribution in [0.15, 0.2) is 42.5 Å². The third-order valence-electron chi connectivity index (χ3n) is 4.95. The number of nitrogens with one attached hydrogen (secondary N) is 1. The van der Waals surface area contributed by atoms with E-state index >= 15 is 0 Å². The summed E-state index contributed by atoms with van der Waals surface area (Å²) in [6, 6.07) is 8.18. The number of nitrogens with zero attached hydrogens (tertiary/aromatic N) is 1. The van der Waals surface area contributed by atoms with Crippen LogP contribution in [0.4, 0.5) is 11.4 Å². The standard InChI is InChI=1S/C18H13Cl3N2O2/c19-12-8-13(20)18-15(16(12)21)9-5-3-6-10(9)17(22-18)11-4-1-2-7-14(11)23(24)25/h1-5,7-10,17,22H,6H2. The van der Waals surface area contributed by atoms with Gasteiger partial charge in [-0.05, 0) is 18.4 Å². The fraction of sp³-hybridized carbons (Fsp3) is 0.222. The number of halogens is 3. The molecule has 4 rings (SSSR count). The van der Waals surface area contributed by atoms with Crippen molar-refractivity contribution < 1.29 is 4.92 Å². The number of anilines is 1. The fourth-order valence-electron chi connectivity index (χ4n) is 3.89. The molecule has 1 aliphatic carbocycles. The molecule has 1 aliphatic heterocycles. The van der Waals surface area contributed by atoms with Gasteiger partial charge >= 0.3 is 0 Å². The lowest BCUT2D eigenvalue weighted by atomic mass is 9.76. The predicted octanol–water partition coefficient (Wildman–Crippen LogP) is 6.38. The number of allylic oxidation sites excluding steroid dienone is 2. The number of hydrogen-bond acceptors (Lipinski definition) is 3. The third kappa shape index (κ3) is 2.60. The molecule has 3 atom stereocenters. The molecule has 25 heavy (non-hydrogen) atoms. The molecule has 0 radical (unpaired) electrons. The van der Waals surface area contributed by atoms with Gasteiger partial charge in [0.2, 0.25) is 0 Å². The lowest BCUT2D eigenvalue weighted by Gasteiger charge is -2.38. The maximum absolute atomic E-state index is 11.5. The quantitative estimate of drug-likeness (QED) is 0.278. The largest absolute Gasteiger partial charge is 0.376 e. The Bertz CT molecular complexity index is 913. The Morgan fingerprint density at radius 1 is 1.16 bits per heavy atom. The first-order valence-electron chi connectivity index (χ1n) is 7.83. The monoisotopic (exact) mass is 394 g/mol. The second-order valence-electron chi connectivity index (χ2n) is 6.23. The van der Waals surface area contributed by atoms with Gasteiger partial charge in [-0.15, -0.1) is 0 Å². The normalized spacial score (nSPS) is 23.7. The zero-order valence-electron chi connectivity index (χ0n) is 12.9. The fourth-order valence-corrected chi connectivity index (χ4v) is 4.69. The summed E-state index contributed by atoms with van der Waals surface area (Å²) in [7, 11) is 0. The molecule has 0 saturated heterocycles. The first-order chi connectivity index (χ1) is 12.0. The van der Waals surface area contributed by atoms with Gasteiger partial charge in [-0.1, -0.05) is 65.2 Å². The number of hydrogen-bond donors (Lipinski definition) is 1. The van der Waals surface area contributed by atoms with Crippen LogP contribution in [0.3, 0.4) is 0 Å². The van der Waals surface area contributed by atoms with Gasteiger partial charge < -0.3 is 5.32 Å². The zero-order valence-corrected chi connectivity index (χ0v) is 15.1. The summed E-state index contributed by atoms with van der Waals surface area (Å²) in [4.78, 5) is 11.1. The zero-order chi connectivity index (χ0) is 17.7. The molecule has 0 saturated carbocycles. The average molecular weight is 396 g/mol. The van der Waals surface area contributed by atoms with Crippen molar-refractivity contribution in [3.63, 3.8) is 0 Å². The molecule has 0 amide bonds. The van der Waals surface area contributed by atoms with E-state index in [0.29, 0.717) is 26.3 Å². The molecule has 1 heterocycles. The van der Waals surface area contributed by atoms with Crippen LogP contribution < -0.4 is 5.32 Å². The average Bonchev–Trinajstić information content (AvgIpc) is 3.08. The van der Waals surface area contributed by atoms with Gasteiger partial charge in [0, 0.05) is 17.5 Å². The van der Waals surface area contributed by atoms with Crippen LogP contribution in [0.1, 0.15) is 29.5 Å². The van der Waals surface area contributed by atoms with Gasteiger partial charge in [-0.2, -0.15) is 0 Å². The molecule has 0 fully saturated rings. The summed E-state index contributed by atoms with van der Waals surface area (Å²) in [5, 5.41) is 16.2. The Kier molecular flexibility index (Phi) is 4.14. The van der Waals surface area contributed by atoms with Gasteiger partial charge in [-0.3, -0.25) is 10.1 Å². The minimum absolute atomic E-state index is 0.0183. The lowest BCUT2D eigenvalue weighted by molar-refractivity contribution is -0.385. The molecule has 4 nitrogen and oxygen atoms in total. The van der Waals surface area contributed by atoms with Gasteiger partial charge in [0.15, 0.2) is 0 Å². The number of nitro groups is 1. The van der Waals surface area contributed by atoms with Crippen LogP contribution in [0, 0.1) is 16.0 Å². The molecule has 1 N–H and O–H groups in total. The molecular formula is C18H13Cl3N2O2. The first-order valence-corrected chi connectivity index (χ1v) is 8.96. The lowest BCUT2D eigenvalue weighted by Crippen LogP contribution is -2.30. The Morgan fingerprint density at radius 2 is 1.92 bits per heavy atom. The summed E-state index contributed by atoms with van der Waals surface area (Å²) < 4.78 is 0. The highest BCUT2D eigenvalue weighted by atomic mass is 35.5. The summed E-state index contributed by atoms with van der Waals surface area (Å²) >= 11 is 19.1. The summed E-state index contributed by atoms with van der Waals surface area (Å²) in [6.45, 7) is 0. The van der Waals surface area contributed by atoms with Crippen LogP contribution in [-0.2, 0) is 0 Å². The molecule has 2 aromatic carbocycles. The van der Waals surface area contributed by atoms with Crippen LogP contribution in [0.5, 0.6) is 0 Å². The van der Waals surface area contributed by atoms with E-state index < -0.39 is 0 Å². The van der Waals surface area contributed by atoms with Crippen LogP contribution in [0.2, 0.25) is 15.1 Å².